The van der Waals surface area contributed by atoms with Crippen molar-refractivity contribution in [3.05, 3.63) is 30.6 Å². The Morgan fingerprint density at radius 3 is 1.76 bits per heavy atom. The van der Waals surface area contributed by atoms with Gasteiger partial charge in [0.1, 0.15) is 6.54 Å². The number of methoxy groups -OCH3 is 1. The summed E-state index contributed by atoms with van der Waals surface area (Å²) < 4.78 is 25.2. The van der Waals surface area contributed by atoms with E-state index in [1.807, 2.05) is 35.2 Å². The first-order valence-corrected chi connectivity index (χ1v) is 15.3. The monoisotopic (exact) mass is 500 g/mol. The van der Waals surface area contributed by atoms with E-state index in [1.165, 1.54) is 84.2 Å². The normalized spacial score (nSPS) is 13.8. The molecule has 6 nitrogen and oxygen atoms in total. The Labute approximate surface area is 208 Å². The molecule has 0 bridgehead atoms. The lowest BCUT2D eigenvalue weighted by Gasteiger charge is -2.25. The summed E-state index contributed by atoms with van der Waals surface area (Å²) in [6.07, 6.45) is 21.9. The second kappa shape index (κ2) is 20.4. The molecule has 0 saturated carbocycles. The molecule has 0 aliphatic carbocycles. The van der Waals surface area contributed by atoms with Gasteiger partial charge in [-0.1, -0.05) is 96.5 Å². The third-order valence-electron chi connectivity index (χ3n) is 6.55. The molecule has 2 unspecified atom stereocenters. The first kappa shape index (κ1) is 31.3. The van der Waals surface area contributed by atoms with Crippen molar-refractivity contribution in [2.45, 2.75) is 122 Å². The molecule has 1 aromatic heterocycles. The molecule has 0 fully saturated rings. The minimum Gasteiger partial charge on any atom is -0.379 e. The quantitative estimate of drug-likeness (QED) is 0.103. The third-order valence-corrected chi connectivity index (χ3v) is 8.00. The van der Waals surface area contributed by atoms with Crippen LogP contribution in [0.25, 0.3) is 0 Å². The molecule has 0 radical (unpaired) electrons. The van der Waals surface area contributed by atoms with Gasteiger partial charge < -0.3 is 19.3 Å². The van der Waals surface area contributed by atoms with Gasteiger partial charge in [-0.05, 0) is 6.42 Å². The number of aryl methyl sites for hydroxylation is 1. The SMILES string of the molecule is CCCCCCCCCCCCCCCCOCC(OC)C(CC[n+]1ccccc1)P(=O)(O)O. The topological polar surface area (TPSA) is 79.9 Å². The summed E-state index contributed by atoms with van der Waals surface area (Å²) in [6, 6.07) is 5.72. The summed E-state index contributed by atoms with van der Waals surface area (Å²) >= 11 is 0. The minimum absolute atomic E-state index is 0.212. The Bertz CT molecular complexity index is 625. The van der Waals surface area contributed by atoms with Crippen LogP contribution in [0.3, 0.4) is 0 Å². The smallest absolute Gasteiger partial charge is 0.331 e. The predicted octanol–water partition coefficient (Wildman–Crippen LogP) is 6.42. The molecule has 1 rings (SSSR count). The molecule has 7 heteroatoms. The van der Waals surface area contributed by atoms with Crippen molar-refractivity contribution in [3.63, 3.8) is 0 Å². The highest BCUT2D eigenvalue weighted by Gasteiger charge is 2.37. The van der Waals surface area contributed by atoms with Gasteiger partial charge in [0.25, 0.3) is 0 Å². The average Bonchev–Trinajstić information content (AvgIpc) is 2.82. The van der Waals surface area contributed by atoms with E-state index in [2.05, 4.69) is 6.92 Å². The van der Waals surface area contributed by atoms with Crippen LogP contribution in [0.4, 0.5) is 0 Å². The Morgan fingerprint density at radius 2 is 1.29 bits per heavy atom. The van der Waals surface area contributed by atoms with Crippen molar-refractivity contribution in [2.75, 3.05) is 20.3 Å². The molecule has 34 heavy (non-hydrogen) atoms. The van der Waals surface area contributed by atoms with Crippen molar-refractivity contribution in [1.29, 1.82) is 0 Å². The van der Waals surface area contributed by atoms with E-state index in [0.717, 1.165) is 12.8 Å². The number of rotatable bonds is 23. The van der Waals surface area contributed by atoms with E-state index in [-0.39, 0.29) is 6.61 Å². The number of unbranched alkanes of at least 4 members (excludes halogenated alkanes) is 13. The molecular formula is C27H51NO5P+. The van der Waals surface area contributed by atoms with Crippen LogP contribution in [0, 0.1) is 0 Å². The fraction of sp³-hybridized carbons (Fsp3) is 0.815. The zero-order valence-electron chi connectivity index (χ0n) is 21.8. The molecule has 0 aliphatic rings. The summed E-state index contributed by atoms with van der Waals surface area (Å²) in [7, 11) is -2.80. The highest BCUT2D eigenvalue weighted by atomic mass is 31.2. The number of ether oxygens (including phenoxy) is 2. The van der Waals surface area contributed by atoms with Gasteiger partial charge in [0.15, 0.2) is 12.4 Å². The molecule has 2 N–H and O–H groups in total. The molecule has 0 aromatic carbocycles. The van der Waals surface area contributed by atoms with E-state index >= 15 is 0 Å². The average molecular weight is 501 g/mol. The predicted molar refractivity (Wildman–Crippen MR) is 139 cm³/mol. The van der Waals surface area contributed by atoms with E-state index in [0.29, 0.717) is 19.6 Å². The first-order valence-electron chi connectivity index (χ1n) is 13.6. The zero-order chi connectivity index (χ0) is 24.9. The van der Waals surface area contributed by atoms with Crippen molar-refractivity contribution in [2.24, 2.45) is 0 Å². The number of nitrogens with zero attached hydrogens (tertiary/aromatic N) is 1. The maximum absolute atomic E-state index is 12.1. The van der Waals surface area contributed by atoms with Crippen molar-refractivity contribution in [1.82, 2.24) is 0 Å². The zero-order valence-corrected chi connectivity index (χ0v) is 22.7. The lowest BCUT2D eigenvalue weighted by Crippen LogP contribution is -2.39. The Morgan fingerprint density at radius 1 is 0.794 bits per heavy atom. The fourth-order valence-electron chi connectivity index (χ4n) is 4.37. The first-order chi connectivity index (χ1) is 16.5. The Kier molecular flexibility index (Phi) is 18.8. The molecule has 1 heterocycles. The van der Waals surface area contributed by atoms with Crippen LogP contribution in [0.2, 0.25) is 0 Å². The number of hydrogen-bond donors (Lipinski definition) is 2. The van der Waals surface area contributed by atoms with Gasteiger partial charge in [-0.2, -0.15) is 0 Å². The van der Waals surface area contributed by atoms with Gasteiger partial charge in [-0.25, -0.2) is 4.57 Å². The molecule has 0 spiro atoms. The van der Waals surface area contributed by atoms with Crippen LogP contribution in [0.15, 0.2) is 30.6 Å². The van der Waals surface area contributed by atoms with E-state index in [1.54, 1.807) is 0 Å². The largest absolute Gasteiger partial charge is 0.379 e. The standard InChI is InChI=1S/C27H50NO5P/c1-3-4-5-6-7-8-9-10-11-12-13-14-15-19-24-33-25-26(32-2)27(34(29,30)31)20-23-28-21-17-16-18-22-28/h16-18,21-22,26-27H,3-15,19-20,23-25H2,1-2H3,(H-,29,30,31)/p+1. The summed E-state index contributed by atoms with van der Waals surface area (Å²) in [4.78, 5) is 19.7. The lowest BCUT2D eigenvalue weighted by molar-refractivity contribution is -0.697. The van der Waals surface area contributed by atoms with Gasteiger partial charge in [-0.3, -0.25) is 4.57 Å². The van der Waals surface area contributed by atoms with Gasteiger partial charge >= 0.3 is 7.60 Å². The van der Waals surface area contributed by atoms with Gasteiger partial charge in [0.05, 0.1) is 18.4 Å². The molecule has 0 amide bonds. The van der Waals surface area contributed by atoms with E-state index in [4.69, 9.17) is 9.47 Å². The Balaban J connectivity index is 2.08. The summed E-state index contributed by atoms with van der Waals surface area (Å²) in [5, 5.41) is 0. The second-order valence-electron chi connectivity index (χ2n) is 9.50. The van der Waals surface area contributed by atoms with Crippen LogP contribution in [-0.2, 0) is 20.6 Å². The number of hydrogen-bond acceptors (Lipinski definition) is 3. The number of aromatic nitrogens is 1. The third kappa shape index (κ3) is 16.0. The molecule has 198 valence electrons. The summed E-state index contributed by atoms with van der Waals surface area (Å²) in [5.74, 6) is 0. The molecule has 1 aromatic rings. The molecular weight excluding hydrogens is 449 g/mol. The van der Waals surface area contributed by atoms with Crippen molar-refractivity contribution >= 4 is 7.60 Å². The van der Waals surface area contributed by atoms with Crippen LogP contribution < -0.4 is 4.57 Å². The minimum atomic E-state index is -4.30. The van der Waals surface area contributed by atoms with Crippen LogP contribution in [0.1, 0.15) is 103 Å². The van der Waals surface area contributed by atoms with Crippen molar-refractivity contribution < 1.29 is 28.4 Å². The van der Waals surface area contributed by atoms with Gasteiger partial charge in [0.2, 0.25) is 0 Å². The highest BCUT2D eigenvalue weighted by molar-refractivity contribution is 7.52. The Hall–Kier alpha value is -0.780. The van der Waals surface area contributed by atoms with Crippen molar-refractivity contribution in [3.8, 4) is 0 Å². The molecule has 0 aliphatic heterocycles. The summed E-state index contributed by atoms with van der Waals surface area (Å²) in [6.45, 7) is 3.61. The second-order valence-corrected chi connectivity index (χ2v) is 11.3. The molecule has 2 atom stereocenters. The van der Waals surface area contributed by atoms with Gasteiger partial charge in [0, 0.05) is 32.3 Å². The van der Waals surface area contributed by atoms with Crippen LogP contribution >= 0.6 is 7.60 Å². The maximum Gasteiger partial charge on any atom is 0.331 e. The fourth-order valence-corrected chi connectivity index (χ4v) is 5.46. The van der Waals surface area contributed by atoms with E-state index in [9.17, 15) is 14.4 Å². The van der Waals surface area contributed by atoms with Crippen LogP contribution in [-0.4, -0.2) is 41.9 Å². The van der Waals surface area contributed by atoms with Gasteiger partial charge in [-0.15, -0.1) is 0 Å². The van der Waals surface area contributed by atoms with E-state index < -0.39 is 19.4 Å². The number of pyridine rings is 1. The van der Waals surface area contributed by atoms with Crippen LogP contribution in [0.5, 0.6) is 0 Å². The lowest BCUT2D eigenvalue weighted by atomic mass is 10.0. The highest BCUT2D eigenvalue weighted by Crippen LogP contribution is 2.45. The molecule has 0 saturated heterocycles. The summed E-state index contributed by atoms with van der Waals surface area (Å²) in [5.41, 5.74) is -0.874. The maximum atomic E-state index is 12.1.